The largest absolute Gasteiger partial charge is 0.206 e. The maximum absolute atomic E-state index is 12.9. The van der Waals surface area contributed by atoms with Crippen LogP contribution in [0.3, 0.4) is 0 Å². The first-order valence-electron chi connectivity index (χ1n) is 2.90. The predicted molar refractivity (Wildman–Crippen MR) is 50.5 cm³/mol. The lowest BCUT2D eigenvalue weighted by molar-refractivity contribution is 0.599. The third kappa shape index (κ3) is 1.89. The average molecular weight is 256 g/mol. The van der Waals surface area contributed by atoms with Crippen molar-refractivity contribution >= 4 is 37.6 Å². The summed E-state index contributed by atoms with van der Waals surface area (Å²) in [7, 11) is 6.37. The Bertz CT molecular complexity index is 277. The van der Waals surface area contributed by atoms with Gasteiger partial charge in [0.2, 0.25) is 0 Å². The van der Waals surface area contributed by atoms with Crippen LogP contribution < -0.4 is 0 Å². The van der Waals surface area contributed by atoms with Crippen LogP contribution in [-0.2, 0) is 0 Å². The Morgan fingerprint density at radius 2 is 2.18 bits per heavy atom. The molecule has 0 aliphatic carbocycles. The third-order valence-corrected chi connectivity index (χ3v) is 3.35. The summed E-state index contributed by atoms with van der Waals surface area (Å²) in [6.45, 7) is 1.82. The second kappa shape index (κ2) is 3.78. The maximum Gasteiger partial charge on any atom is 0.138 e. The first-order chi connectivity index (χ1) is 5.16. The van der Waals surface area contributed by atoms with Crippen LogP contribution in [0.2, 0.25) is 0 Å². The minimum atomic E-state index is -0.272. The lowest BCUT2D eigenvalue weighted by atomic mass is 10.2. The molecule has 0 saturated heterocycles. The Morgan fingerprint density at radius 1 is 1.55 bits per heavy atom. The molecule has 0 nitrogen and oxygen atoms in total. The van der Waals surface area contributed by atoms with Gasteiger partial charge in [-0.15, -0.1) is 0 Å². The zero-order chi connectivity index (χ0) is 8.43. The van der Waals surface area contributed by atoms with Crippen LogP contribution in [0, 0.1) is 12.7 Å². The van der Waals surface area contributed by atoms with Gasteiger partial charge in [-0.25, -0.2) is 4.39 Å². The van der Waals surface area contributed by atoms with Crippen LogP contribution >= 0.6 is 37.6 Å². The van der Waals surface area contributed by atoms with Crippen molar-refractivity contribution in [1.29, 1.82) is 0 Å². The summed E-state index contributed by atoms with van der Waals surface area (Å²) in [5, 5.41) is 0. The molecule has 11 heavy (non-hydrogen) atoms. The molecule has 0 spiro atoms. The van der Waals surface area contributed by atoms with Crippen LogP contribution in [0.1, 0.15) is 5.56 Å². The van der Waals surface area contributed by atoms with Gasteiger partial charge in [-0.3, -0.25) is 0 Å². The van der Waals surface area contributed by atoms with Gasteiger partial charge in [-0.2, -0.15) is 0 Å². The molecule has 0 aliphatic rings. The fourth-order valence-corrected chi connectivity index (χ4v) is 2.13. The molecule has 60 valence electrons. The molecule has 0 heterocycles. The van der Waals surface area contributed by atoms with Crippen molar-refractivity contribution in [1.82, 2.24) is 0 Å². The molecule has 0 radical (unpaired) electrons. The van der Waals surface area contributed by atoms with E-state index in [1.54, 1.807) is 6.07 Å². The number of rotatable bonds is 1. The number of hydrogen-bond acceptors (Lipinski definition) is 1. The Hall–Kier alpha value is 0.270. The second-order valence-corrected chi connectivity index (χ2v) is 3.94. The highest BCUT2D eigenvalue weighted by atomic mass is 79.9. The van der Waals surface area contributed by atoms with Crippen LogP contribution in [0.4, 0.5) is 4.39 Å². The molecular weight excluding hydrogens is 250 g/mol. The summed E-state index contributed by atoms with van der Waals surface area (Å²) in [4.78, 5) is 0.487. The molecule has 0 N–H and O–H groups in total. The average Bonchev–Trinajstić information content (AvgIpc) is 1.99. The number of benzene rings is 1. The van der Waals surface area contributed by atoms with E-state index in [1.165, 1.54) is 6.07 Å². The molecule has 1 aromatic carbocycles. The highest BCUT2D eigenvalue weighted by molar-refractivity contribution is 9.10. The normalized spacial score (nSPS) is 10.2. The van der Waals surface area contributed by atoms with Gasteiger partial charge >= 0.3 is 0 Å². The fraction of sp³-hybridized carbons (Fsp3) is 0.143. The van der Waals surface area contributed by atoms with Crippen molar-refractivity contribution in [2.75, 3.05) is 0 Å². The SMILES string of the molecule is Cc1c(Br)ccc(F)c1SCl. The molecule has 0 aromatic heterocycles. The Morgan fingerprint density at radius 3 is 2.64 bits per heavy atom. The van der Waals surface area contributed by atoms with E-state index in [2.05, 4.69) is 15.9 Å². The smallest absolute Gasteiger partial charge is 0.138 e. The Kier molecular flexibility index (Phi) is 3.22. The molecule has 0 amide bonds. The first-order valence-corrected chi connectivity index (χ1v) is 5.33. The molecule has 0 bridgehead atoms. The van der Waals surface area contributed by atoms with Crippen molar-refractivity contribution in [2.24, 2.45) is 0 Å². The minimum Gasteiger partial charge on any atom is -0.206 e. The van der Waals surface area contributed by atoms with Gasteiger partial charge in [0, 0.05) is 4.47 Å². The van der Waals surface area contributed by atoms with E-state index in [4.69, 9.17) is 10.7 Å². The van der Waals surface area contributed by atoms with E-state index >= 15 is 0 Å². The third-order valence-electron chi connectivity index (χ3n) is 1.37. The van der Waals surface area contributed by atoms with Gasteiger partial charge in [0.15, 0.2) is 0 Å². The quantitative estimate of drug-likeness (QED) is 0.727. The van der Waals surface area contributed by atoms with Gasteiger partial charge < -0.3 is 0 Å². The summed E-state index contributed by atoms with van der Waals surface area (Å²) in [6, 6.07) is 3.06. The van der Waals surface area contributed by atoms with E-state index in [0.29, 0.717) is 4.90 Å². The molecule has 0 atom stereocenters. The van der Waals surface area contributed by atoms with Gasteiger partial charge in [0.1, 0.15) is 5.82 Å². The van der Waals surface area contributed by atoms with Crippen molar-refractivity contribution in [3.8, 4) is 0 Å². The molecule has 0 saturated carbocycles. The second-order valence-electron chi connectivity index (χ2n) is 2.06. The van der Waals surface area contributed by atoms with E-state index < -0.39 is 0 Å². The summed E-state index contributed by atoms with van der Waals surface area (Å²) >= 11 is 3.28. The molecule has 1 rings (SSSR count). The van der Waals surface area contributed by atoms with Crippen molar-refractivity contribution in [3.63, 3.8) is 0 Å². The number of halogens is 3. The predicted octanol–water partition coefficient (Wildman–Crippen LogP) is 4.14. The summed E-state index contributed by atoms with van der Waals surface area (Å²) in [5.74, 6) is -0.272. The Labute approximate surface area is 81.8 Å². The van der Waals surface area contributed by atoms with Crippen LogP contribution in [0.5, 0.6) is 0 Å². The first kappa shape index (κ1) is 9.36. The molecule has 0 aliphatic heterocycles. The fourth-order valence-electron chi connectivity index (χ4n) is 0.729. The molecule has 4 heteroatoms. The molecule has 1 aromatic rings. The van der Waals surface area contributed by atoms with Gasteiger partial charge in [0.25, 0.3) is 0 Å². The van der Waals surface area contributed by atoms with Crippen LogP contribution in [0.15, 0.2) is 21.5 Å². The number of hydrogen-bond donors (Lipinski definition) is 0. The topological polar surface area (TPSA) is 0 Å². The van der Waals surface area contributed by atoms with Gasteiger partial charge in [-0.1, -0.05) is 15.9 Å². The molecule has 0 unspecified atom stereocenters. The lowest BCUT2D eigenvalue weighted by Crippen LogP contribution is -1.84. The summed E-state index contributed by atoms with van der Waals surface area (Å²) < 4.78 is 13.8. The molecular formula is C7H5BrClFS. The summed E-state index contributed by atoms with van der Waals surface area (Å²) in [6.07, 6.45) is 0. The van der Waals surface area contributed by atoms with E-state index in [0.717, 1.165) is 21.0 Å². The highest BCUT2D eigenvalue weighted by Crippen LogP contribution is 2.32. The molecule has 0 fully saturated rings. The van der Waals surface area contributed by atoms with E-state index in [1.807, 2.05) is 6.92 Å². The van der Waals surface area contributed by atoms with Crippen LogP contribution in [-0.4, -0.2) is 0 Å². The maximum atomic E-state index is 12.9. The van der Waals surface area contributed by atoms with Gasteiger partial charge in [-0.05, 0) is 46.3 Å². The standard InChI is InChI=1S/C7H5BrClFS/c1-4-5(8)2-3-6(10)7(4)11-9/h2-3H,1H3. The van der Waals surface area contributed by atoms with Gasteiger partial charge in [0.05, 0.1) is 4.90 Å². The minimum absolute atomic E-state index is 0.272. The van der Waals surface area contributed by atoms with Crippen molar-refractivity contribution < 1.29 is 4.39 Å². The highest BCUT2D eigenvalue weighted by Gasteiger charge is 2.07. The van der Waals surface area contributed by atoms with Crippen molar-refractivity contribution in [3.05, 3.63) is 28.0 Å². The monoisotopic (exact) mass is 254 g/mol. The van der Waals surface area contributed by atoms with E-state index in [-0.39, 0.29) is 5.82 Å². The summed E-state index contributed by atoms with van der Waals surface area (Å²) in [5.41, 5.74) is 0.838. The van der Waals surface area contributed by atoms with Crippen molar-refractivity contribution in [2.45, 2.75) is 11.8 Å². The van der Waals surface area contributed by atoms with E-state index in [9.17, 15) is 4.39 Å². The zero-order valence-electron chi connectivity index (χ0n) is 5.70. The van der Waals surface area contributed by atoms with Crippen LogP contribution in [0.25, 0.3) is 0 Å². The zero-order valence-corrected chi connectivity index (χ0v) is 8.86. The Balaban J connectivity index is 3.29. The lowest BCUT2D eigenvalue weighted by Gasteiger charge is -2.03.